The lowest BCUT2D eigenvalue weighted by atomic mass is 9.84. The number of carbonyl (C=O) groups excluding carboxylic acids is 1. The number of amides is 1. The Balaban J connectivity index is 1.60. The van der Waals surface area contributed by atoms with E-state index >= 15 is 0 Å². The molecule has 0 saturated heterocycles. The van der Waals surface area contributed by atoms with Crippen molar-refractivity contribution in [3.8, 4) is 5.75 Å². The van der Waals surface area contributed by atoms with Crippen molar-refractivity contribution in [3.63, 3.8) is 0 Å². The summed E-state index contributed by atoms with van der Waals surface area (Å²) in [6, 6.07) is 15.3. The van der Waals surface area contributed by atoms with Gasteiger partial charge in [0.15, 0.2) is 5.54 Å². The van der Waals surface area contributed by atoms with E-state index in [2.05, 4.69) is 21.2 Å². The van der Waals surface area contributed by atoms with Crippen molar-refractivity contribution in [3.05, 3.63) is 64.1 Å². The number of halogens is 1. The molecule has 0 bridgehead atoms. The molecule has 188 valence electrons. The summed E-state index contributed by atoms with van der Waals surface area (Å²) in [4.78, 5) is 18.7. The Morgan fingerprint density at radius 1 is 1.17 bits per heavy atom. The molecule has 8 heteroatoms. The van der Waals surface area contributed by atoms with Gasteiger partial charge in [-0.25, -0.2) is 4.99 Å². The fourth-order valence-electron chi connectivity index (χ4n) is 4.61. The number of carbonyl (C=O) groups is 1. The molecule has 1 saturated carbocycles. The van der Waals surface area contributed by atoms with Gasteiger partial charge in [0.2, 0.25) is 5.90 Å². The van der Waals surface area contributed by atoms with Crippen molar-refractivity contribution in [2.75, 3.05) is 13.2 Å². The van der Waals surface area contributed by atoms with Gasteiger partial charge in [-0.15, -0.1) is 0 Å². The Bertz CT molecular complexity index is 1040. The van der Waals surface area contributed by atoms with Crippen LogP contribution in [0.25, 0.3) is 0 Å². The summed E-state index contributed by atoms with van der Waals surface area (Å²) in [6.45, 7) is 2.42. The molecule has 2 aromatic carbocycles. The maximum atomic E-state index is 13.8. The van der Waals surface area contributed by atoms with E-state index in [1.807, 2.05) is 55.5 Å². The zero-order chi connectivity index (χ0) is 24.8. The third-order valence-electron chi connectivity index (χ3n) is 6.78. The van der Waals surface area contributed by atoms with Gasteiger partial charge in [0.05, 0.1) is 12.7 Å². The van der Waals surface area contributed by atoms with Crippen LogP contribution in [0.5, 0.6) is 5.75 Å². The Hall–Kier alpha value is -2.42. The predicted molar refractivity (Wildman–Crippen MR) is 138 cm³/mol. The lowest BCUT2D eigenvalue weighted by Gasteiger charge is -2.33. The smallest absolute Gasteiger partial charge is 0.252 e. The molecule has 1 heterocycles. The number of aliphatic hydroxyl groups excluding tert-OH is 2. The van der Waals surface area contributed by atoms with Crippen molar-refractivity contribution >= 4 is 27.7 Å². The topological polar surface area (TPSA) is 100 Å². The van der Waals surface area contributed by atoms with E-state index in [0.29, 0.717) is 43.9 Å². The van der Waals surface area contributed by atoms with Gasteiger partial charge in [0.1, 0.15) is 11.9 Å². The second-order valence-electron chi connectivity index (χ2n) is 9.30. The third-order valence-corrected chi connectivity index (χ3v) is 7.55. The average molecular weight is 545 g/mol. The molecular weight excluding hydrogens is 512 g/mol. The number of hydrogen-bond acceptors (Lipinski definition) is 6. The normalized spacial score (nSPS) is 26.1. The number of aliphatic imine (C=N–C) groups is 1. The van der Waals surface area contributed by atoms with Crippen LogP contribution in [0.3, 0.4) is 0 Å². The van der Waals surface area contributed by atoms with Gasteiger partial charge >= 0.3 is 0 Å². The van der Waals surface area contributed by atoms with Gasteiger partial charge in [-0.2, -0.15) is 0 Å². The highest BCUT2D eigenvalue weighted by atomic mass is 79.9. The third kappa shape index (κ3) is 6.05. The molecule has 1 aliphatic carbocycles. The molecule has 2 aliphatic rings. The van der Waals surface area contributed by atoms with Crippen LogP contribution < -0.4 is 10.1 Å². The zero-order valence-electron chi connectivity index (χ0n) is 20.0. The maximum absolute atomic E-state index is 13.8. The van der Waals surface area contributed by atoms with Crippen LogP contribution in [0, 0.1) is 0 Å². The van der Waals surface area contributed by atoms with Crippen LogP contribution >= 0.6 is 15.9 Å². The van der Waals surface area contributed by atoms with Gasteiger partial charge in [0, 0.05) is 35.5 Å². The molecule has 1 amide bonds. The van der Waals surface area contributed by atoms with Crippen LogP contribution in [-0.4, -0.2) is 59.0 Å². The summed E-state index contributed by atoms with van der Waals surface area (Å²) < 4.78 is 12.7. The minimum absolute atomic E-state index is 0.0174. The summed E-state index contributed by atoms with van der Waals surface area (Å²) >= 11 is 3.62. The second kappa shape index (κ2) is 11.5. The number of nitrogens with one attached hydrogen (secondary N) is 1. The second-order valence-corrected chi connectivity index (χ2v) is 10.2. The van der Waals surface area contributed by atoms with Crippen molar-refractivity contribution < 1.29 is 24.5 Å². The van der Waals surface area contributed by atoms with E-state index in [0.717, 1.165) is 28.4 Å². The van der Waals surface area contributed by atoms with E-state index in [1.54, 1.807) is 0 Å². The fraction of sp³-hybridized carbons (Fsp3) is 0.481. The van der Waals surface area contributed by atoms with Crippen LogP contribution in [0.15, 0.2) is 58.0 Å². The summed E-state index contributed by atoms with van der Waals surface area (Å²) in [6.07, 6.45) is 3.09. The van der Waals surface area contributed by atoms with Crippen molar-refractivity contribution in [1.29, 1.82) is 0 Å². The van der Waals surface area contributed by atoms with E-state index in [-0.39, 0.29) is 24.7 Å². The van der Waals surface area contributed by atoms with E-state index < -0.39 is 11.6 Å². The Kier molecular flexibility index (Phi) is 8.46. The molecule has 0 aromatic heterocycles. The first-order valence-electron chi connectivity index (χ1n) is 12.2. The average Bonchev–Trinajstić information content (AvgIpc) is 3.19. The van der Waals surface area contributed by atoms with Crippen molar-refractivity contribution in [2.24, 2.45) is 4.99 Å². The van der Waals surface area contributed by atoms with Gasteiger partial charge < -0.3 is 25.0 Å². The van der Waals surface area contributed by atoms with E-state index in [1.165, 1.54) is 0 Å². The molecule has 1 fully saturated rings. The molecule has 2 aromatic rings. The minimum Gasteiger partial charge on any atom is -0.494 e. The quantitative estimate of drug-likeness (QED) is 0.417. The molecule has 0 spiro atoms. The molecule has 0 radical (unpaired) electrons. The van der Waals surface area contributed by atoms with Gasteiger partial charge in [-0.3, -0.25) is 4.79 Å². The number of benzene rings is 2. The molecule has 7 nitrogen and oxygen atoms in total. The van der Waals surface area contributed by atoms with E-state index in [4.69, 9.17) is 19.6 Å². The summed E-state index contributed by atoms with van der Waals surface area (Å²) in [7, 11) is 0. The molecule has 35 heavy (non-hydrogen) atoms. The van der Waals surface area contributed by atoms with Gasteiger partial charge in [-0.05, 0) is 68.5 Å². The van der Waals surface area contributed by atoms with Crippen LogP contribution in [0.1, 0.15) is 50.2 Å². The highest BCUT2D eigenvalue weighted by Gasteiger charge is 2.51. The predicted octanol–water partition coefficient (Wildman–Crippen LogP) is 3.78. The van der Waals surface area contributed by atoms with Crippen LogP contribution in [-0.2, 0) is 16.0 Å². The van der Waals surface area contributed by atoms with Crippen LogP contribution in [0.2, 0.25) is 0 Å². The molecular formula is C27H33BrN2O5. The minimum atomic E-state index is -1.12. The summed E-state index contributed by atoms with van der Waals surface area (Å²) in [5.41, 5.74) is 0.634. The van der Waals surface area contributed by atoms with E-state index in [9.17, 15) is 9.90 Å². The number of hydrogen-bond donors (Lipinski definition) is 3. The Morgan fingerprint density at radius 2 is 1.89 bits per heavy atom. The first-order valence-corrected chi connectivity index (χ1v) is 13.0. The van der Waals surface area contributed by atoms with Crippen molar-refractivity contribution in [2.45, 2.75) is 69.2 Å². The molecule has 0 unspecified atom stereocenters. The number of rotatable bonds is 9. The number of nitrogens with zero attached hydrogens (tertiary/aromatic N) is 1. The fourth-order valence-corrected chi connectivity index (χ4v) is 5.03. The highest BCUT2D eigenvalue weighted by Crippen LogP contribution is 2.35. The number of ether oxygens (including phenoxy) is 2. The molecule has 2 atom stereocenters. The monoisotopic (exact) mass is 544 g/mol. The molecule has 1 aliphatic heterocycles. The SMILES string of the molecule is C[C@H]1OC(c2ccc(OCCCO)cc2)=N[C@@]1(Cc1ccccc1Br)C(=O)NC1CCC(O)CC1. The molecule has 3 N–H and O–H groups in total. The Morgan fingerprint density at radius 3 is 2.57 bits per heavy atom. The highest BCUT2D eigenvalue weighted by molar-refractivity contribution is 9.10. The first kappa shape index (κ1) is 25.7. The molecule has 4 rings (SSSR count). The summed E-state index contributed by atoms with van der Waals surface area (Å²) in [5, 5.41) is 22.0. The first-order chi connectivity index (χ1) is 16.9. The standard InChI is InChI=1S/C27H33BrN2O5/c1-18-27(17-20-5-2-3-6-24(20)28,26(33)29-21-9-11-22(32)12-10-21)30-25(35-18)19-7-13-23(14-8-19)34-16-4-15-31/h2-3,5-8,13-14,18,21-22,31-32H,4,9-12,15-17H2,1H3,(H,29,33)/t18-,21?,22?,27-/m1/s1. The van der Waals surface area contributed by atoms with Crippen LogP contribution in [0.4, 0.5) is 0 Å². The number of aliphatic hydroxyl groups is 2. The summed E-state index contributed by atoms with van der Waals surface area (Å²) in [5.74, 6) is 0.979. The lowest BCUT2D eigenvalue weighted by molar-refractivity contribution is -0.129. The zero-order valence-corrected chi connectivity index (χ0v) is 21.5. The van der Waals surface area contributed by atoms with Crippen molar-refractivity contribution in [1.82, 2.24) is 5.32 Å². The Labute approximate surface area is 214 Å². The lowest BCUT2D eigenvalue weighted by Crippen LogP contribution is -2.55. The largest absolute Gasteiger partial charge is 0.494 e. The van der Waals surface area contributed by atoms with Gasteiger partial charge in [-0.1, -0.05) is 34.1 Å². The van der Waals surface area contributed by atoms with Gasteiger partial charge in [0.25, 0.3) is 5.91 Å². The maximum Gasteiger partial charge on any atom is 0.252 e.